The third-order valence-corrected chi connectivity index (χ3v) is 6.94. The normalized spacial score (nSPS) is 13.6. The van der Waals surface area contributed by atoms with E-state index >= 15 is 0 Å². The quantitative estimate of drug-likeness (QED) is 0.0296. The minimum absolute atomic E-state index is 0.210. The second-order valence-corrected chi connectivity index (χ2v) is 12.3. The molecule has 2 N–H and O–H groups in total. The molecule has 0 aliphatic heterocycles. The fourth-order valence-electron chi connectivity index (χ4n) is 4.27. The molecule has 0 rings (SSSR count). The van der Waals surface area contributed by atoms with Crippen molar-refractivity contribution in [3.63, 3.8) is 0 Å². The van der Waals surface area contributed by atoms with Gasteiger partial charge in [0.05, 0.1) is 34.4 Å². The van der Waals surface area contributed by atoms with Crippen LogP contribution in [0.4, 0.5) is 0 Å². The first-order valence-corrected chi connectivity index (χ1v) is 16.6. The minimum atomic E-state index is -1.46. The highest BCUT2D eigenvalue weighted by atomic mass is 16.7. The zero-order valence-electron chi connectivity index (χ0n) is 27.4. The van der Waals surface area contributed by atoms with Gasteiger partial charge in [0.1, 0.15) is 19.3 Å². The first kappa shape index (κ1) is 40.3. The molecular weight excluding hydrogens is 534 g/mol. The number of hydrogen-bond donors (Lipinski definition) is 2. The molecule has 2 unspecified atom stereocenters. The number of rotatable bonds is 30. The molecule has 8 heteroatoms. The summed E-state index contributed by atoms with van der Waals surface area (Å²) in [6.07, 6.45) is 27.7. The molecule has 0 fully saturated rings. The summed E-state index contributed by atoms with van der Waals surface area (Å²) in [7, 11) is 5.91. The van der Waals surface area contributed by atoms with Gasteiger partial charge in [-0.1, -0.05) is 102 Å². The van der Waals surface area contributed by atoms with Crippen molar-refractivity contribution in [1.82, 2.24) is 0 Å². The number of esters is 1. The van der Waals surface area contributed by atoms with E-state index in [-0.39, 0.29) is 25.8 Å². The highest BCUT2D eigenvalue weighted by Gasteiger charge is 2.22. The lowest BCUT2D eigenvalue weighted by Gasteiger charge is -2.24. The van der Waals surface area contributed by atoms with E-state index in [9.17, 15) is 19.8 Å². The molecule has 246 valence electrons. The van der Waals surface area contributed by atoms with Gasteiger partial charge in [-0.3, -0.25) is 4.79 Å². The second-order valence-electron chi connectivity index (χ2n) is 12.3. The Bertz CT molecular complexity index is 702. The van der Waals surface area contributed by atoms with Crippen LogP contribution in [0.2, 0.25) is 0 Å². The Balaban J connectivity index is 3.57. The Morgan fingerprint density at radius 1 is 0.714 bits per heavy atom. The maximum atomic E-state index is 11.9. The van der Waals surface area contributed by atoms with Gasteiger partial charge in [0.25, 0.3) is 6.29 Å². The minimum Gasteiger partial charge on any atom is -0.477 e. The number of aliphatic hydroxyl groups excluding tert-OH is 1. The van der Waals surface area contributed by atoms with Crippen LogP contribution in [-0.4, -0.2) is 86.5 Å². The lowest BCUT2D eigenvalue weighted by Crippen LogP contribution is -2.40. The number of aliphatic carboxylic acids is 1. The van der Waals surface area contributed by atoms with E-state index in [1.54, 1.807) is 0 Å². The summed E-state index contributed by atoms with van der Waals surface area (Å²) < 4.78 is 16.1. The Kier molecular flexibility index (Phi) is 26.9. The molecule has 0 saturated carbocycles. The van der Waals surface area contributed by atoms with Crippen LogP contribution in [-0.2, 0) is 23.8 Å². The van der Waals surface area contributed by atoms with Crippen molar-refractivity contribution in [3.05, 3.63) is 24.3 Å². The number of carbonyl (C=O) groups excluding carboxylic acids is 1. The van der Waals surface area contributed by atoms with E-state index in [1.165, 1.54) is 83.5 Å². The second kappa shape index (κ2) is 28.1. The summed E-state index contributed by atoms with van der Waals surface area (Å²) in [5, 5.41) is 19.2. The van der Waals surface area contributed by atoms with E-state index in [0.29, 0.717) is 17.4 Å². The maximum absolute atomic E-state index is 11.9. The van der Waals surface area contributed by atoms with Crippen molar-refractivity contribution in [3.8, 4) is 0 Å². The molecule has 0 aliphatic carbocycles. The van der Waals surface area contributed by atoms with E-state index < -0.39 is 18.4 Å². The highest BCUT2D eigenvalue weighted by molar-refractivity contribution is 5.70. The Morgan fingerprint density at radius 3 is 1.76 bits per heavy atom. The summed E-state index contributed by atoms with van der Waals surface area (Å²) in [6, 6.07) is 0. The van der Waals surface area contributed by atoms with Crippen LogP contribution in [0.3, 0.4) is 0 Å². The third-order valence-electron chi connectivity index (χ3n) is 6.94. The number of aliphatic hydroxyl groups is 1. The molecule has 0 aromatic rings. The Morgan fingerprint density at radius 2 is 1.24 bits per heavy atom. The highest BCUT2D eigenvalue weighted by Crippen LogP contribution is 2.12. The fourth-order valence-corrected chi connectivity index (χ4v) is 4.27. The van der Waals surface area contributed by atoms with Crippen molar-refractivity contribution in [2.75, 3.05) is 47.5 Å². The van der Waals surface area contributed by atoms with E-state index in [2.05, 4.69) is 31.2 Å². The summed E-state index contributed by atoms with van der Waals surface area (Å²) in [4.78, 5) is 23.2. The van der Waals surface area contributed by atoms with Gasteiger partial charge >= 0.3 is 11.9 Å². The van der Waals surface area contributed by atoms with Crippen LogP contribution < -0.4 is 0 Å². The van der Waals surface area contributed by atoms with Crippen LogP contribution >= 0.6 is 0 Å². The molecule has 0 aromatic heterocycles. The number of ether oxygens (including phenoxy) is 3. The van der Waals surface area contributed by atoms with Crippen molar-refractivity contribution in [2.24, 2.45) is 0 Å². The Hall–Kier alpha value is -1.74. The van der Waals surface area contributed by atoms with Gasteiger partial charge in [0.2, 0.25) is 0 Å². The lowest BCUT2D eigenvalue weighted by molar-refractivity contribution is -0.870. The molecule has 42 heavy (non-hydrogen) atoms. The first-order chi connectivity index (χ1) is 20.2. The summed E-state index contributed by atoms with van der Waals surface area (Å²) >= 11 is 0. The van der Waals surface area contributed by atoms with Crippen LogP contribution in [0.15, 0.2) is 24.3 Å². The topological polar surface area (TPSA) is 102 Å². The fraction of sp³-hybridized carbons (Fsp3) is 0.824. The summed E-state index contributed by atoms with van der Waals surface area (Å²) in [6.45, 7) is 2.57. The Labute approximate surface area is 257 Å². The number of likely N-dealkylation sites (N-methyl/N-ethyl adjacent to an activating group) is 1. The largest absolute Gasteiger partial charge is 0.477 e. The van der Waals surface area contributed by atoms with Gasteiger partial charge in [0, 0.05) is 6.42 Å². The van der Waals surface area contributed by atoms with Gasteiger partial charge in [-0.15, -0.1) is 0 Å². The molecule has 0 radical (unpaired) electrons. The van der Waals surface area contributed by atoms with Crippen molar-refractivity contribution < 1.29 is 38.5 Å². The van der Waals surface area contributed by atoms with Crippen LogP contribution in [0.5, 0.6) is 0 Å². The SMILES string of the molecule is CCCCCCC/C=C\C/C=C\CCCCCCCCCCCC(=O)OCC(O)COC(OCC[N+](C)(C)C)C(=O)O. The number of nitrogens with zero attached hydrogens (tertiary/aromatic N) is 1. The summed E-state index contributed by atoms with van der Waals surface area (Å²) in [5.74, 6) is -1.61. The number of allylic oxidation sites excluding steroid dienone is 4. The number of quaternary nitrogens is 1. The van der Waals surface area contributed by atoms with Gasteiger partial charge in [-0.25, -0.2) is 4.79 Å². The monoisotopic (exact) mass is 598 g/mol. The van der Waals surface area contributed by atoms with Crippen molar-refractivity contribution >= 4 is 11.9 Å². The number of carboxylic acid groups (broad SMARTS) is 1. The lowest BCUT2D eigenvalue weighted by atomic mass is 10.1. The van der Waals surface area contributed by atoms with E-state index in [1.807, 2.05) is 21.1 Å². The van der Waals surface area contributed by atoms with Crippen molar-refractivity contribution in [1.29, 1.82) is 0 Å². The molecule has 0 bridgehead atoms. The zero-order chi connectivity index (χ0) is 31.3. The molecule has 8 nitrogen and oxygen atoms in total. The van der Waals surface area contributed by atoms with E-state index in [0.717, 1.165) is 25.7 Å². The number of hydrogen-bond acceptors (Lipinski definition) is 6. The van der Waals surface area contributed by atoms with Gasteiger partial charge < -0.3 is 28.9 Å². The molecule has 2 atom stereocenters. The molecular formula is C34H64NO7+. The zero-order valence-corrected chi connectivity index (χ0v) is 27.4. The predicted octanol–water partition coefficient (Wildman–Crippen LogP) is 7.19. The standard InChI is InChI=1S/C34H63NO7/c1-5-6-7-8-9-10-11-12-13-14-15-16-17-18-19-20-21-22-23-24-25-26-32(37)41-29-31(36)30-42-34(33(38)39)40-28-27-35(2,3)4/h11-12,14-15,31,34,36H,5-10,13,16-30H2,1-4H3/p+1/b12-11-,15-14-. The maximum Gasteiger partial charge on any atom is 0.361 e. The molecule has 0 spiro atoms. The molecule has 0 aliphatic rings. The molecule has 0 amide bonds. The number of carbonyl (C=O) groups is 2. The predicted molar refractivity (Wildman–Crippen MR) is 170 cm³/mol. The van der Waals surface area contributed by atoms with E-state index in [4.69, 9.17) is 14.2 Å². The van der Waals surface area contributed by atoms with Crippen LogP contribution in [0.1, 0.15) is 122 Å². The third kappa shape index (κ3) is 29.7. The first-order valence-electron chi connectivity index (χ1n) is 16.6. The van der Waals surface area contributed by atoms with Gasteiger partial charge in [-0.2, -0.15) is 0 Å². The van der Waals surface area contributed by atoms with Crippen LogP contribution in [0, 0.1) is 0 Å². The smallest absolute Gasteiger partial charge is 0.361 e. The molecule has 0 saturated heterocycles. The number of carboxylic acids is 1. The average molecular weight is 599 g/mol. The average Bonchev–Trinajstić information content (AvgIpc) is 2.93. The molecule has 0 heterocycles. The van der Waals surface area contributed by atoms with Gasteiger partial charge in [0.15, 0.2) is 0 Å². The molecule has 0 aromatic carbocycles. The summed E-state index contributed by atoms with van der Waals surface area (Å²) in [5.41, 5.74) is 0. The van der Waals surface area contributed by atoms with Gasteiger partial charge in [-0.05, 0) is 38.5 Å². The number of unbranched alkanes of at least 4 members (excludes halogenated alkanes) is 14. The van der Waals surface area contributed by atoms with Crippen LogP contribution in [0.25, 0.3) is 0 Å². The van der Waals surface area contributed by atoms with Crippen molar-refractivity contribution in [2.45, 2.75) is 135 Å².